The van der Waals surface area contributed by atoms with Gasteiger partial charge in [0.1, 0.15) is 5.75 Å². The summed E-state index contributed by atoms with van der Waals surface area (Å²) in [5.41, 5.74) is 1.29. The Bertz CT molecular complexity index is 444. The molecule has 1 aromatic rings. The van der Waals surface area contributed by atoms with Gasteiger partial charge >= 0.3 is 0 Å². The van der Waals surface area contributed by atoms with Gasteiger partial charge in [-0.05, 0) is 57.0 Å². The molecule has 118 valence electrons. The molecule has 1 aliphatic rings. The molecular formula is C17H27BrN2O. The smallest absolute Gasteiger partial charge is 0.119 e. The fourth-order valence-electron chi connectivity index (χ4n) is 2.84. The lowest BCUT2D eigenvalue weighted by molar-refractivity contribution is 0.176. The normalized spacial score (nSPS) is 19.2. The van der Waals surface area contributed by atoms with Crippen LogP contribution in [0.25, 0.3) is 0 Å². The number of nitrogens with one attached hydrogen (secondary N) is 1. The van der Waals surface area contributed by atoms with Gasteiger partial charge in [0.15, 0.2) is 0 Å². The van der Waals surface area contributed by atoms with Gasteiger partial charge in [0, 0.05) is 29.6 Å². The van der Waals surface area contributed by atoms with Crippen LogP contribution in [0.3, 0.4) is 0 Å². The lowest BCUT2D eigenvalue weighted by Crippen LogP contribution is -2.45. The van der Waals surface area contributed by atoms with E-state index in [2.05, 4.69) is 52.1 Å². The summed E-state index contributed by atoms with van der Waals surface area (Å²) in [6, 6.07) is 7.37. The lowest BCUT2D eigenvalue weighted by atomic mass is 10.0. The van der Waals surface area contributed by atoms with E-state index in [-0.39, 0.29) is 0 Å². The fourth-order valence-corrected chi connectivity index (χ4v) is 3.21. The Hall–Kier alpha value is -0.580. The van der Waals surface area contributed by atoms with Crippen molar-refractivity contribution in [2.45, 2.75) is 51.7 Å². The summed E-state index contributed by atoms with van der Waals surface area (Å²) in [6.45, 7) is 7.78. The minimum absolute atomic E-state index is 0.534. The van der Waals surface area contributed by atoms with Crippen molar-refractivity contribution in [2.75, 3.05) is 20.2 Å². The van der Waals surface area contributed by atoms with Crippen LogP contribution in [0.4, 0.5) is 0 Å². The zero-order chi connectivity index (χ0) is 15.2. The van der Waals surface area contributed by atoms with E-state index in [1.807, 2.05) is 6.07 Å². The monoisotopic (exact) mass is 354 g/mol. The summed E-state index contributed by atoms with van der Waals surface area (Å²) < 4.78 is 6.51. The number of methoxy groups -OCH3 is 1. The second-order valence-electron chi connectivity index (χ2n) is 6.13. The molecule has 1 heterocycles. The number of rotatable bonds is 6. The minimum atomic E-state index is 0.534. The van der Waals surface area contributed by atoms with Crippen molar-refractivity contribution in [1.82, 2.24) is 10.2 Å². The van der Waals surface area contributed by atoms with E-state index in [4.69, 9.17) is 4.74 Å². The molecule has 1 unspecified atom stereocenters. The van der Waals surface area contributed by atoms with Gasteiger partial charge in [-0.15, -0.1) is 0 Å². The molecule has 4 heteroatoms. The van der Waals surface area contributed by atoms with E-state index >= 15 is 0 Å². The van der Waals surface area contributed by atoms with E-state index in [1.165, 1.54) is 31.4 Å². The van der Waals surface area contributed by atoms with Crippen LogP contribution in [0.15, 0.2) is 22.7 Å². The number of hydrogen-bond acceptors (Lipinski definition) is 3. The molecule has 3 nitrogen and oxygen atoms in total. The van der Waals surface area contributed by atoms with Crippen LogP contribution in [-0.4, -0.2) is 37.2 Å². The average Bonchev–Trinajstić information content (AvgIpc) is 2.49. The Morgan fingerprint density at radius 3 is 2.81 bits per heavy atom. The van der Waals surface area contributed by atoms with Gasteiger partial charge in [0.2, 0.25) is 0 Å². The molecule has 0 aromatic heterocycles. The summed E-state index contributed by atoms with van der Waals surface area (Å²) in [7, 11) is 1.72. The highest BCUT2D eigenvalue weighted by Gasteiger charge is 2.19. The quantitative estimate of drug-likeness (QED) is 0.840. The number of benzene rings is 1. The van der Waals surface area contributed by atoms with Crippen LogP contribution in [0.1, 0.15) is 38.7 Å². The number of hydrogen-bond donors (Lipinski definition) is 1. The van der Waals surface area contributed by atoms with Crippen molar-refractivity contribution in [3.05, 3.63) is 28.2 Å². The van der Waals surface area contributed by atoms with Gasteiger partial charge in [0.05, 0.1) is 7.11 Å². The predicted molar refractivity (Wildman–Crippen MR) is 91.9 cm³/mol. The SMILES string of the molecule is COc1ccc(Br)c(CN(CC2CCCCN2)C(C)C)c1. The molecule has 0 radical (unpaired) electrons. The molecule has 0 bridgehead atoms. The van der Waals surface area contributed by atoms with Gasteiger partial charge in [-0.25, -0.2) is 0 Å². The Morgan fingerprint density at radius 1 is 1.38 bits per heavy atom. The Kier molecular flexibility index (Phi) is 6.52. The summed E-state index contributed by atoms with van der Waals surface area (Å²) in [6.07, 6.45) is 3.97. The van der Waals surface area contributed by atoms with Crippen LogP contribution in [-0.2, 0) is 6.54 Å². The van der Waals surface area contributed by atoms with Gasteiger partial charge < -0.3 is 10.1 Å². The molecule has 1 N–H and O–H groups in total. The molecular weight excluding hydrogens is 328 g/mol. The Balaban J connectivity index is 2.04. The molecule has 0 saturated carbocycles. The topological polar surface area (TPSA) is 24.5 Å². The van der Waals surface area contributed by atoms with Crippen LogP contribution in [0.5, 0.6) is 5.75 Å². The molecule has 21 heavy (non-hydrogen) atoms. The molecule has 1 saturated heterocycles. The zero-order valence-electron chi connectivity index (χ0n) is 13.4. The van der Waals surface area contributed by atoms with Gasteiger partial charge in [0.25, 0.3) is 0 Å². The third-order valence-corrected chi connectivity index (χ3v) is 5.00. The highest BCUT2D eigenvalue weighted by molar-refractivity contribution is 9.10. The van der Waals surface area contributed by atoms with Crippen molar-refractivity contribution >= 4 is 15.9 Å². The second-order valence-corrected chi connectivity index (χ2v) is 6.98. The Labute approximate surface area is 137 Å². The van der Waals surface area contributed by atoms with Crippen molar-refractivity contribution in [2.24, 2.45) is 0 Å². The summed E-state index contributed by atoms with van der Waals surface area (Å²) in [5, 5.41) is 3.65. The number of halogens is 1. The minimum Gasteiger partial charge on any atom is -0.497 e. The maximum Gasteiger partial charge on any atom is 0.119 e. The largest absolute Gasteiger partial charge is 0.497 e. The maximum atomic E-state index is 5.35. The first kappa shape index (κ1) is 16.8. The zero-order valence-corrected chi connectivity index (χ0v) is 14.9. The number of piperidine rings is 1. The molecule has 0 aliphatic carbocycles. The molecule has 1 atom stereocenters. The third-order valence-electron chi connectivity index (χ3n) is 4.22. The van der Waals surface area contributed by atoms with Gasteiger partial charge in [-0.2, -0.15) is 0 Å². The third kappa shape index (κ3) is 4.97. The van der Waals surface area contributed by atoms with Crippen LogP contribution >= 0.6 is 15.9 Å². The first-order valence-electron chi connectivity index (χ1n) is 7.90. The maximum absolute atomic E-state index is 5.35. The molecule has 2 rings (SSSR count). The lowest BCUT2D eigenvalue weighted by Gasteiger charge is -2.33. The number of ether oxygens (including phenoxy) is 1. The summed E-state index contributed by atoms with van der Waals surface area (Å²) in [4.78, 5) is 2.54. The van der Waals surface area contributed by atoms with E-state index in [1.54, 1.807) is 7.11 Å². The summed E-state index contributed by atoms with van der Waals surface area (Å²) >= 11 is 3.66. The predicted octanol–water partition coefficient (Wildman–Crippen LogP) is 3.81. The Morgan fingerprint density at radius 2 is 2.19 bits per heavy atom. The first-order valence-corrected chi connectivity index (χ1v) is 8.69. The van der Waals surface area contributed by atoms with E-state index in [9.17, 15) is 0 Å². The van der Waals surface area contributed by atoms with E-state index < -0.39 is 0 Å². The second kappa shape index (κ2) is 8.16. The van der Waals surface area contributed by atoms with Gasteiger partial charge in [-0.3, -0.25) is 4.90 Å². The fraction of sp³-hybridized carbons (Fsp3) is 0.647. The molecule has 1 aliphatic heterocycles. The van der Waals surface area contributed by atoms with E-state index in [0.717, 1.165) is 23.3 Å². The van der Waals surface area contributed by atoms with Crippen molar-refractivity contribution in [1.29, 1.82) is 0 Å². The average molecular weight is 355 g/mol. The highest BCUT2D eigenvalue weighted by Crippen LogP contribution is 2.25. The molecule has 1 aromatic carbocycles. The van der Waals surface area contributed by atoms with Gasteiger partial charge in [-0.1, -0.05) is 22.4 Å². The molecule has 0 amide bonds. The highest BCUT2D eigenvalue weighted by atomic mass is 79.9. The number of nitrogens with zero attached hydrogens (tertiary/aromatic N) is 1. The van der Waals surface area contributed by atoms with Crippen molar-refractivity contribution in [3.63, 3.8) is 0 Å². The molecule has 0 spiro atoms. The van der Waals surface area contributed by atoms with Crippen LogP contribution in [0.2, 0.25) is 0 Å². The first-order chi connectivity index (χ1) is 10.1. The van der Waals surface area contributed by atoms with Crippen molar-refractivity contribution in [3.8, 4) is 5.75 Å². The van der Waals surface area contributed by atoms with Crippen LogP contribution < -0.4 is 10.1 Å². The van der Waals surface area contributed by atoms with Crippen molar-refractivity contribution < 1.29 is 4.74 Å². The summed E-state index contributed by atoms with van der Waals surface area (Å²) in [5.74, 6) is 0.924. The molecule has 1 fully saturated rings. The van der Waals surface area contributed by atoms with Crippen LogP contribution in [0, 0.1) is 0 Å². The van der Waals surface area contributed by atoms with E-state index in [0.29, 0.717) is 12.1 Å². The standard InChI is InChI=1S/C17H27BrN2O/c1-13(2)20(12-15-6-4-5-9-19-15)11-14-10-16(21-3)7-8-17(14)18/h7-8,10,13,15,19H,4-6,9,11-12H2,1-3H3.